The summed E-state index contributed by atoms with van der Waals surface area (Å²) in [5.41, 5.74) is 2.10. The molecule has 0 saturated carbocycles. The van der Waals surface area contributed by atoms with Gasteiger partial charge >= 0.3 is 0 Å². The highest BCUT2D eigenvalue weighted by molar-refractivity contribution is 5.40. The smallest absolute Gasteiger partial charge is 0.119 e. The molecule has 0 radical (unpaired) electrons. The van der Waals surface area contributed by atoms with Crippen molar-refractivity contribution in [3.8, 4) is 5.75 Å². The van der Waals surface area contributed by atoms with Crippen LogP contribution in [0.25, 0.3) is 0 Å². The van der Waals surface area contributed by atoms with Gasteiger partial charge in [0.25, 0.3) is 0 Å². The van der Waals surface area contributed by atoms with Gasteiger partial charge in [-0.3, -0.25) is 0 Å². The summed E-state index contributed by atoms with van der Waals surface area (Å²) in [5.74, 6) is 0.905. The summed E-state index contributed by atoms with van der Waals surface area (Å²) < 4.78 is 10.6. The summed E-state index contributed by atoms with van der Waals surface area (Å²) in [6, 6.07) is 6.62. The number of hydrogen-bond donors (Lipinski definition) is 2. The first-order valence-electron chi connectivity index (χ1n) is 7.40. The van der Waals surface area contributed by atoms with Gasteiger partial charge in [0.1, 0.15) is 5.75 Å². The molecule has 110 valence electrons. The van der Waals surface area contributed by atoms with Crippen LogP contribution in [0.3, 0.4) is 0 Å². The van der Waals surface area contributed by atoms with Crippen LogP contribution in [0.2, 0.25) is 0 Å². The van der Waals surface area contributed by atoms with Crippen molar-refractivity contribution in [1.82, 2.24) is 5.32 Å². The van der Waals surface area contributed by atoms with Crippen molar-refractivity contribution in [1.29, 1.82) is 0 Å². The molecule has 1 fully saturated rings. The number of fused-ring (bicyclic) bond motifs is 1. The minimum absolute atomic E-state index is 0.326. The summed E-state index contributed by atoms with van der Waals surface area (Å²) in [6.07, 6.45) is 3.63. The molecule has 1 aliphatic heterocycles. The number of aryl methyl sites for hydroxylation is 1. The second kappa shape index (κ2) is 5.72. The SMILES string of the molecule is COc1ccc2c(c1)C(NCC1(O)CCOCC1)CC2. The molecule has 2 aliphatic rings. The van der Waals surface area contributed by atoms with Crippen LogP contribution < -0.4 is 10.1 Å². The van der Waals surface area contributed by atoms with E-state index in [1.165, 1.54) is 11.1 Å². The molecule has 1 heterocycles. The highest BCUT2D eigenvalue weighted by Crippen LogP contribution is 2.34. The molecule has 0 bridgehead atoms. The Balaban J connectivity index is 1.65. The van der Waals surface area contributed by atoms with Crippen molar-refractivity contribution in [3.63, 3.8) is 0 Å². The van der Waals surface area contributed by atoms with Gasteiger partial charge in [-0.25, -0.2) is 0 Å². The maximum Gasteiger partial charge on any atom is 0.119 e. The predicted molar refractivity (Wildman–Crippen MR) is 77.1 cm³/mol. The monoisotopic (exact) mass is 277 g/mol. The molecule has 0 amide bonds. The summed E-state index contributed by atoms with van der Waals surface area (Å²) in [5, 5.41) is 14.1. The van der Waals surface area contributed by atoms with Gasteiger partial charge in [-0.1, -0.05) is 6.07 Å². The van der Waals surface area contributed by atoms with E-state index in [0.717, 1.165) is 31.4 Å². The van der Waals surface area contributed by atoms with E-state index in [-0.39, 0.29) is 0 Å². The lowest BCUT2D eigenvalue weighted by Gasteiger charge is -2.33. The van der Waals surface area contributed by atoms with Gasteiger partial charge in [0.05, 0.1) is 12.7 Å². The number of methoxy groups -OCH3 is 1. The maximum atomic E-state index is 10.5. The summed E-state index contributed by atoms with van der Waals surface area (Å²) >= 11 is 0. The van der Waals surface area contributed by atoms with E-state index >= 15 is 0 Å². The highest BCUT2D eigenvalue weighted by atomic mass is 16.5. The largest absolute Gasteiger partial charge is 0.497 e. The van der Waals surface area contributed by atoms with Crippen LogP contribution >= 0.6 is 0 Å². The number of rotatable bonds is 4. The molecule has 1 unspecified atom stereocenters. The first-order chi connectivity index (χ1) is 9.70. The Morgan fingerprint density at radius 1 is 1.40 bits per heavy atom. The lowest BCUT2D eigenvalue weighted by atomic mass is 9.94. The molecule has 0 aromatic heterocycles. The van der Waals surface area contributed by atoms with Crippen LogP contribution in [-0.2, 0) is 11.2 Å². The van der Waals surface area contributed by atoms with Crippen molar-refractivity contribution in [3.05, 3.63) is 29.3 Å². The van der Waals surface area contributed by atoms with Gasteiger partial charge in [0.15, 0.2) is 0 Å². The molecule has 2 N–H and O–H groups in total. The van der Waals surface area contributed by atoms with E-state index < -0.39 is 5.60 Å². The third kappa shape index (κ3) is 2.82. The molecule has 3 rings (SSSR count). The summed E-state index contributed by atoms with van der Waals surface area (Å²) in [4.78, 5) is 0. The lowest BCUT2D eigenvalue weighted by Crippen LogP contribution is -2.45. The lowest BCUT2D eigenvalue weighted by molar-refractivity contribution is -0.0628. The van der Waals surface area contributed by atoms with Crippen LogP contribution in [0.1, 0.15) is 36.4 Å². The number of nitrogens with one attached hydrogen (secondary N) is 1. The Bertz CT molecular complexity index is 469. The molecule has 1 atom stereocenters. The van der Waals surface area contributed by atoms with E-state index in [9.17, 15) is 5.11 Å². The third-order valence-electron chi connectivity index (χ3n) is 4.53. The fraction of sp³-hybridized carbons (Fsp3) is 0.625. The predicted octanol–water partition coefficient (Wildman–Crippen LogP) is 1.81. The van der Waals surface area contributed by atoms with Gasteiger partial charge in [-0.2, -0.15) is 0 Å². The van der Waals surface area contributed by atoms with Gasteiger partial charge in [0, 0.05) is 38.6 Å². The highest BCUT2D eigenvalue weighted by Gasteiger charge is 2.31. The van der Waals surface area contributed by atoms with Crippen LogP contribution in [0.15, 0.2) is 18.2 Å². The average Bonchev–Trinajstić information content (AvgIpc) is 2.88. The molecule has 1 aliphatic carbocycles. The van der Waals surface area contributed by atoms with Gasteiger partial charge < -0.3 is 19.9 Å². The molecule has 1 aromatic carbocycles. The van der Waals surface area contributed by atoms with Crippen molar-refractivity contribution < 1.29 is 14.6 Å². The van der Waals surface area contributed by atoms with E-state index in [2.05, 4.69) is 17.4 Å². The molecule has 0 spiro atoms. The van der Waals surface area contributed by atoms with E-state index in [1.54, 1.807) is 7.11 Å². The summed E-state index contributed by atoms with van der Waals surface area (Å²) in [6.45, 7) is 1.96. The molecule has 1 saturated heterocycles. The van der Waals surface area contributed by atoms with E-state index in [0.29, 0.717) is 25.8 Å². The minimum atomic E-state index is -0.611. The fourth-order valence-corrected chi connectivity index (χ4v) is 3.16. The van der Waals surface area contributed by atoms with Crippen molar-refractivity contribution in [2.45, 2.75) is 37.3 Å². The fourth-order valence-electron chi connectivity index (χ4n) is 3.16. The van der Waals surface area contributed by atoms with Crippen molar-refractivity contribution in [2.75, 3.05) is 26.9 Å². The zero-order valence-electron chi connectivity index (χ0n) is 12.0. The standard InChI is InChI=1S/C16H23NO3/c1-19-13-4-2-12-3-5-15(14(12)10-13)17-11-16(18)6-8-20-9-7-16/h2,4,10,15,17-18H,3,5-9,11H2,1H3. The van der Waals surface area contributed by atoms with Crippen molar-refractivity contribution >= 4 is 0 Å². The molecule has 1 aromatic rings. The van der Waals surface area contributed by atoms with Crippen LogP contribution in [-0.4, -0.2) is 37.6 Å². The topological polar surface area (TPSA) is 50.7 Å². The Morgan fingerprint density at radius 3 is 2.95 bits per heavy atom. The van der Waals surface area contributed by atoms with Crippen LogP contribution in [0.5, 0.6) is 5.75 Å². The Hall–Kier alpha value is -1.10. The van der Waals surface area contributed by atoms with E-state index in [1.807, 2.05) is 6.07 Å². The number of aliphatic hydroxyl groups is 1. The Morgan fingerprint density at radius 2 is 2.20 bits per heavy atom. The quantitative estimate of drug-likeness (QED) is 0.881. The zero-order chi connectivity index (χ0) is 14.0. The minimum Gasteiger partial charge on any atom is -0.497 e. The molecule has 20 heavy (non-hydrogen) atoms. The molecule has 4 heteroatoms. The number of ether oxygens (including phenoxy) is 2. The normalized spacial score (nSPS) is 24.4. The number of hydrogen-bond acceptors (Lipinski definition) is 4. The molecular formula is C16H23NO3. The Labute approximate surface area is 120 Å². The van der Waals surface area contributed by atoms with Crippen molar-refractivity contribution in [2.24, 2.45) is 0 Å². The second-order valence-electron chi connectivity index (χ2n) is 5.87. The number of benzene rings is 1. The van der Waals surface area contributed by atoms with Gasteiger partial charge in [0.2, 0.25) is 0 Å². The molecular weight excluding hydrogens is 254 g/mol. The van der Waals surface area contributed by atoms with Crippen LogP contribution in [0.4, 0.5) is 0 Å². The zero-order valence-corrected chi connectivity index (χ0v) is 12.0. The Kier molecular flexibility index (Phi) is 3.96. The third-order valence-corrected chi connectivity index (χ3v) is 4.53. The first-order valence-corrected chi connectivity index (χ1v) is 7.40. The van der Waals surface area contributed by atoms with Gasteiger partial charge in [-0.05, 0) is 36.1 Å². The van der Waals surface area contributed by atoms with Crippen LogP contribution in [0, 0.1) is 0 Å². The maximum absolute atomic E-state index is 10.5. The van der Waals surface area contributed by atoms with E-state index in [4.69, 9.17) is 9.47 Å². The first kappa shape index (κ1) is 13.9. The second-order valence-corrected chi connectivity index (χ2v) is 5.87. The van der Waals surface area contributed by atoms with Gasteiger partial charge in [-0.15, -0.1) is 0 Å². The average molecular weight is 277 g/mol. The summed E-state index contributed by atoms with van der Waals surface area (Å²) in [7, 11) is 1.70. The molecule has 4 nitrogen and oxygen atoms in total.